The second-order valence-corrected chi connectivity index (χ2v) is 11.2. The van der Waals surface area contributed by atoms with Crippen LogP contribution in [0.15, 0.2) is 30.3 Å². The Morgan fingerprint density at radius 3 is 1.66 bits per heavy atom. The lowest BCUT2D eigenvalue weighted by atomic mass is 10.1. The van der Waals surface area contributed by atoms with Crippen LogP contribution in [-0.2, 0) is 0 Å². The van der Waals surface area contributed by atoms with Gasteiger partial charge in [-0.2, -0.15) is 0 Å². The molecule has 0 aliphatic carbocycles. The molecule has 1 rings (SSSR count). The molecule has 0 saturated carbocycles. The molecule has 32 heavy (non-hydrogen) atoms. The largest absolute Gasteiger partial charge is 0.301 e. The van der Waals surface area contributed by atoms with E-state index in [0.717, 1.165) is 24.1 Å². The zero-order valence-corrected chi connectivity index (χ0v) is 23.8. The van der Waals surface area contributed by atoms with E-state index in [9.17, 15) is 0 Å². The SMILES string of the molecule is C#CC(I)[N+](CCCCCCCCC)(CCCCCCCCC)CC(Cl)c1ccccc1. The Hall–Kier alpha value is -0.240. The van der Waals surface area contributed by atoms with Gasteiger partial charge in [0.2, 0.25) is 4.05 Å². The molecule has 0 N–H and O–H groups in total. The molecule has 1 aromatic rings. The first-order valence-electron chi connectivity index (χ1n) is 13.2. The summed E-state index contributed by atoms with van der Waals surface area (Å²) in [7, 11) is 0. The molecule has 1 aromatic carbocycles. The number of nitrogens with zero attached hydrogens (tertiary/aromatic N) is 1. The topological polar surface area (TPSA) is 0 Å². The molecule has 0 bridgehead atoms. The first-order valence-corrected chi connectivity index (χ1v) is 14.9. The van der Waals surface area contributed by atoms with Gasteiger partial charge in [0.1, 0.15) is 11.9 Å². The number of quaternary nitrogens is 1. The minimum absolute atomic E-state index is 0.0101. The van der Waals surface area contributed by atoms with E-state index in [1.807, 2.05) is 0 Å². The number of halogens is 2. The average Bonchev–Trinajstić information content (AvgIpc) is 2.82. The maximum Gasteiger partial charge on any atom is 0.200 e. The van der Waals surface area contributed by atoms with E-state index < -0.39 is 0 Å². The van der Waals surface area contributed by atoms with Crippen LogP contribution in [0.3, 0.4) is 0 Å². The van der Waals surface area contributed by atoms with Crippen LogP contribution in [0.4, 0.5) is 0 Å². The number of terminal acetylenes is 1. The Kier molecular flexibility index (Phi) is 17.8. The van der Waals surface area contributed by atoms with Crippen molar-refractivity contribution in [2.75, 3.05) is 19.6 Å². The minimum Gasteiger partial charge on any atom is -0.301 e. The molecule has 1 nitrogen and oxygen atoms in total. The minimum atomic E-state index is 0.0101. The highest BCUT2D eigenvalue weighted by Gasteiger charge is 2.36. The first-order chi connectivity index (χ1) is 15.6. The summed E-state index contributed by atoms with van der Waals surface area (Å²) in [6.07, 6.45) is 24.7. The van der Waals surface area contributed by atoms with Crippen LogP contribution in [0.25, 0.3) is 0 Å². The number of hydrogen-bond acceptors (Lipinski definition) is 0. The number of unbranched alkanes of at least 4 members (excludes halogenated alkanes) is 12. The summed E-state index contributed by atoms with van der Waals surface area (Å²) in [6, 6.07) is 10.6. The standard InChI is InChI=1S/C29H48ClIN/c1-4-7-9-11-13-15-20-24-32(29(31)6-3,25-21-16-14-12-10-8-5-2)26-28(30)27-22-18-17-19-23-27/h3,17-19,22-23,28-29H,4-5,7-16,20-21,24-26H2,1-2H3/q+1. The van der Waals surface area contributed by atoms with Crippen LogP contribution < -0.4 is 0 Å². The van der Waals surface area contributed by atoms with E-state index in [1.165, 1.54) is 95.5 Å². The third-order valence-electron chi connectivity index (χ3n) is 6.72. The summed E-state index contributed by atoms with van der Waals surface area (Å²) in [6.45, 7) is 7.79. The van der Waals surface area contributed by atoms with Crippen LogP contribution in [0.5, 0.6) is 0 Å². The molecule has 2 atom stereocenters. The number of hydrogen-bond donors (Lipinski definition) is 0. The first kappa shape index (κ1) is 29.8. The molecule has 0 saturated heterocycles. The predicted octanol–water partition coefficient (Wildman–Crippen LogP) is 9.68. The van der Waals surface area contributed by atoms with Crippen molar-refractivity contribution in [2.24, 2.45) is 0 Å². The molecule has 2 unspecified atom stereocenters. The highest BCUT2D eigenvalue weighted by molar-refractivity contribution is 14.1. The number of rotatable bonds is 20. The lowest BCUT2D eigenvalue weighted by Gasteiger charge is -2.42. The van der Waals surface area contributed by atoms with E-state index >= 15 is 0 Å². The molecule has 0 heterocycles. The van der Waals surface area contributed by atoms with Crippen LogP contribution in [0.1, 0.15) is 115 Å². The quantitative estimate of drug-likeness (QED) is 0.0364. The van der Waals surface area contributed by atoms with Crippen molar-refractivity contribution in [1.29, 1.82) is 0 Å². The predicted molar refractivity (Wildman–Crippen MR) is 153 cm³/mol. The molecule has 0 fully saturated rings. The van der Waals surface area contributed by atoms with Gasteiger partial charge in [-0.3, -0.25) is 0 Å². The number of alkyl halides is 2. The van der Waals surface area contributed by atoms with E-state index in [1.54, 1.807) is 0 Å². The van der Waals surface area contributed by atoms with E-state index in [2.05, 4.69) is 72.7 Å². The third-order valence-corrected chi connectivity index (χ3v) is 8.65. The molecule has 182 valence electrons. The van der Waals surface area contributed by atoms with Gasteiger partial charge in [-0.05, 0) is 37.2 Å². The van der Waals surface area contributed by atoms with Crippen molar-refractivity contribution in [3.63, 3.8) is 0 Å². The van der Waals surface area contributed by atoms with E-state index in [0.29, 0.717) is 0 Å². The zero-order chi connectivity index (χ0) is 23.5. The molecular weight excluding hydrogens is 525 g/mol. The Morgan fingerprint density at radius 2 is 1.22 bits per heavy atom. The molecule has 3 heteroatoms. The maximum atomic E-state index is 7.00. The lowest BCUT2D eigenvalue weighted by Crippen LogP contribution is -2.55. The van der Waals surface area contributed by atoms with Gasteiger partial charge in [-0.15, -0.1) is 18.0 Å². The molecular formula is C29H48ClIN+. The molecule has 0 aliphatic rings. The fourth-order valence-corrected chi connectivity index (χ4v) is 5.83. The van der Waals surface area contributed by atoms with Gasteiger partial charge < -0.3 is 4.48 Å². The van der Waals surface area contributed by atoms with Crippen molar-refractivity contribution in [2.45, 2.75) is 113 Å². The molecule has 0 spiro atoms. The normalized spacial score (nSPS) is 13.6. The Morgan fingerprint density at radius 1 is 0.781 bits per heavy atom. The van der Waals surface area contributed by atoms with E-state index in [4.69, 9.17) is 18.0 Å². The van der Waals surface area contributed by atoms with Gasteiger partial charge in [0, 0.05) is 22.6 Å². The molecule has 0 aromatic heterocycles. The van der Waals surface area contributed by atoms with Crippen molar-refractivity contribution in [1.82, 2.24) is 0 Å². The van der Waals surface area contributed by atoms with E-state index in [-0.39, 0.29) is 9.43 Å². The van der Waals surface area contributed by atoms with Crippen LogP contribution >= 0.6 is 34.2 Å². The monoisotopic (exact) mass is 572 g/mol. The van der Waals surface area contributed by atoms with Gasteiger partial charge in [0.15, 0.2) is 0 Å². The fraction of sp³-hybridized carbons (Fsp3) is 0.724. The van der Waals surface area contributed by atoms with Crippen molar-refractivity contribution >= 4 is 34.2 Å². The summed E-state index contributed by atoms with van der Waals surface area (Å²) >= 11 is 9.51. The van der Waals surface area contributed by atoms with Crippen LogP contribution in [-0.4, -0.2) is 28.2 Å². The maximum absolute atomic E-state index is 7.00. The molecule has 0 aliphatic heterocycles. The van der Waals surface area contributed by atoms with Crippen molar-refractivity contribution in [3.05, 3.63) is 35.9 Å². The smallest absolute Gasteiger partial charge is 0.200 e. The second-order valence-electron chi connectivity index (χ2n) is 9.47. The highest BCUT2D eigenvalue weighted by Crippen LogP contribution is 2.31. The third kappa shape index (κ3) is 12.3. The Bertz CT molecular complexity index is 579. The Balaban J connectivity index is 2.74. The van der Waals surface area contributed by atoms with Gasteiger partial charge in [0.25, 0.3) is 0 Å². The highest BCUT2D eigenvalue weighted by atomic mass is 127. The Labute approximate surface area is 218 Å². The van der Waals surface area contributed by atoms with Gasteiger partial charge in [-0.1, -0.05) is 108 Å². The summed E-state index contributed by atoms with van der Waals surface area (Å²) < 4.78 is 1.14. The fourth-order valence-electron chi connectivity index (χ4n) is 4.63. The molecule has 0 amide bonds. The van der Waals surface area contributed by atoms with Gasteiger partial charge in [-0.25, -0.2) is 0 Å². The summed E-state index contributed by atoms with van der Waals surface area (Å²) in [4.78, 5) is 0. The van der Waals surface area contributed by atoms with Crippen LogP contribution in [0, 0.1) is 12.3 Å². The van der Waals surface area contributed by atoms with Gasteiger partial charge >= 0.3 is 0 Å². The summed E-state index contributed by atoms with van der Waals surface area (Å²) in [5.41, 5.74) is 1.22. The summed E-state index contributed by atoms with van der Waals surface area (Å²) in [5.74, 6) is 3.10. The lowest BCUT2D eigenvalue weighted by molar-refractivity contribution is -0.927. The molecule has 0 radical (unpaired) electrons. The number of benzene rings is 1. The van der Waals surface area contributed by atoms with Crippen molar-refractivity contribution in [3.8, 4) is 12.3 Å². The summed E-state index contributed by atoms with van der Waals surface area (Å²) in [5, 5.41) is 0.0101. The zero-order valence-electron chi connectivity index (χ0n) is 20.8. The van der Waals surface area contributed by atoms with Crippen LogP contribution in [0.2, 0.25) is 0 Å². The average molecular weight is 573 g/mol. The second kappa shape index (κ2) is 19.1. The van der Waals surface area contributed by atoms with Crippen molar-refractivity contribution < 1.29 is 4.48 Å². The van der Waals surface area contributed by atoms with Gasteiger partial charge in [0.05, 0.1) is 13.1 Å².